The van der Waals surface area contributed by atoms with E-state index in [1.807, 2.05) is 48.2 Å². The summed E-state index contributed by atoms with van der Waals surface area (Å²) in [6.07, 6.45) is 6.05. The fourth-order valence-corrected chi connectivity index (χ4v) is 4.26. The van der Waals surface area contributed by atoms with Gasteiger partial charge in [0, 0.05) is 11.6 Å². The Kier molecular flexibility index (Phi) is 5.74. The van der Waals surface area contributed by atoms with Gasteiger partial charge in [-0.2, -0.15) is 0 Å². The van der Waals surface area contributed by atoms with Crippen molar-refractivity contribution in [1.29, 1.82) is 0 Å². The fourth-order valence-electron chi connectivity index (χ4n) is 4.26. The van der Waals surface area contributed by atoms with E-state index in [-0.39, 0.29) is 6.04 Å². The molecular formula is C24H26N2O4. The van der Waals surface area contributed by atoms with E-state index in [0.29, 0.717) is 24.8 Å². The average Bonchev–Trinajstić information content (AvgIpc) is 3.01. The maximum absolute atomic E-state index is 11.2. The van der Waals surface area contributed by atoms with Crippen molar-refractivity contribution in [3.8, 4) is 11.5 Å². The number of benzene rings is 2. The molecule has 2 aromatic carbocycles. The lowest BCUT2D eigenvalue weighted by Crippen LogP contribution is -2.37. The van der Waals surface area contributed by atoms with Crippen LogP contribution in [0.1, 0.15) is 40.7 Å². The summed E-state index contributed by atoms with van der Waals surface area (Å²) >= 11 is 0. The SMILES string of the molecule is Cc1ccc2c(c1)OCCO2.NC(=O)c1cccc(C2=CC3CCC(C2)N3C=O)c1. The van der Waals surface area contributed by atoms with Crippen LogP contribution >= 0.6 is 0 Å². The molecule has 6 heteroatoms. The second-order valence-corrected chi connectivity index (χ2v) is 7.84. The van der Waals surface area contributed by atoms with Crippen molar-refractivity contribution in [3.05, 3.63) is 65.2 Å². The molecule has 156 valence electrons. The first-order chi connectivity index (χ1) is 14.5. The Morgan fingerprint density at radius 1 is 1.10 bits per heavy atom. The molecule has 30 heavy (non-hydrogen) atoms. The Bertz CT molecular complexity index is 985. The van der Waals surface area contributed by atoms with E-state index in [0.717, 1.165) is 42.7 Å². The third kappa shape index (κ3) is 4.17. The molecular weight excluding hydrogens is 380 g/mol. The lowest BCUT2D eigenvalue weighted by molar-refractivity contribution is -0.120. The molecule has 2 amide bonds. The number of hydrogen-bond acceptors (Lipinski definition) is 4. The van der Waals surface area contributed by atoms with Crippen molar-refractivity contribution in [2.75, 3.05) is 13.2 Å². The quantitative estimate of drug-likeness (QED) is 0.793. The van der Waals surface area contributed by atoms with Crippen LogP contribution in [0.15, 0.2) is 48.5 Å². The largest absolute Gasteiger partial charge is 0.486 e. The first-order valence-corrected chi connectivity index (χ1v) is 10.2. The summed E-state index contributed by atoms with van der Waals surface area (Å²) in [7, 11) is 0. The van der Waals surface area contributed by atoms with Crippen molar-refractivity contribution in [2.24, 2.45) is 5.73 Å². The molecule has 6 nitrogen and oxygen atoms in total. The Labute approximate surface area is 176 Å². The summed E-state index contributed by atoms with van der Waals surface area (Å²) in [6.45, 7) is 3.37. The number of carbonyl (C=O) groups excluding carboxylic acids is 2. The highest BCUT2D eigenvalue weighted by atomic mass is 16.6. The van der Waals surface area contributed by atoms with E-state index >= 15 is 0 Å². The van der Waals surface area contributed by atoms with Gasteiger partial charge in [-0.1, -0.05) is 24.3 Å². The third-order valence-corrected chi connectivity index (χ3v) is 5.79. The number of carbonyl (C=O) groups is 2. The fraction of sp³-hybridized carbons (Fsp3) is 0.333. The van der Waals surface area contributed by atoms with Gasteiger partial charge in [0.1, 0.15) is 13.2 Å². The minimum atomic E-state index is -0.407. The number of fused-ring (bicyclic) bond motifs is 3. The Balaban J connectivity index is 0.000000168. The van der Waals surface area contributed by atoms with Crippen LogP contribution in [-0.2, 0) is 4.79 Å². The highest BCUT2D eigenvalue weighted by Gasteiger charge is 2.35. The van der Waals surface area contributed by atoms with E-state index in [2.05, 4.69) is 6.08 Å². The zero-order valence-corrected chi connectivity index (χ0v) is 17.0. The van der Waals surface area contributed by atoms with Crippen LogP contribution in [0, 0.1) is 6.92 Å². The molecule has 2 bridgehead atoms. The molecule has 0 spiro atoms. The summed E-state index contributed by atoms with van der Waals surface area (Å²) in [5.41, 5.74) is 9.30. The van der Waals surface area contributed by atoms with Crippen molar-refractivity contribution in [1.82, 2.24) is 4.90 Å². The predicted molar refractivity (Wildman–Crippen MR) is 114 cm³/mol. The molecule has 2 unspecified atom stereocenters. The number of amides is 2. The Morgan fingerprint density at radius 2 is 1.90 bits per heavy atom. The lowest BCUT2D eigenvalue weighted by Gasteiger charge is -2.30. The van der Waals surface area contributed by atoms with E-state index in [9.17, 15) is 9.59 Å². The molecule has 3 aliphatic rings. The summed E-state index contributed by atoms with van der Waals surface area (Å²) in [6, 6.07) is 13.9. The van der Waals surface area contributed by atoms with Gasteiger partial charge in [-0.3, -0.25) is 9.59 Å². The molecule has 2 aromatic rings. The van der Waals surface area contributed by atoms with Crippen LogP contribution in [0.3, 0.4) is 0 Å². The van der Waals surface area contributed by atoms with E-state index in [1.54, 1.807) is 6.07 Å². The molecule has 0 aliphatic carbocycles. The minimum absolute atomic E-state index is 0.212. The van der Waals surface area contributed by atoms with Gasteiger partial charge < -0.3 is 20.1 Å². The number of ether oxygens (including phenoxy) is 2. The number of hydrogen-bond donors (Lipinski definition) is 1. The van der Waals surface area contributed by atoms with Crippen LogP contribution in [0.5, 0.6) is 11.5 Å². The van der Waals surface area contributed by atoms with Crippen LogP contribution in [0.2, 0.25) is 0 Å². The maximum Gasteiger partial charge on any atom is 0.248 e. The van der Waals surface area contributed by atoms with Gasteiger partial charge in [0.05, 0.1) is 6.04 Å². The van der Waals surface area contributed by atoms with Crippen molar-refractivity contribution < 1.29 is 19.1 Å². The van der Waals surface area contributed by atoms with Crippen molar-refractivity contribution >= 4 is 17.9 Å². The molecule has 1 fully saturated rings. The van der Waals surface area contributed by atoms with Crippen LogP contribution in [-0.4, -0.2) is 42.5 Å². The molecule has 0 saturated carbocycles. The minimum Gasteiger partial charge on any atom is -0.486 e. The molecule has 2 N–H and O–H groups in total. The molecule has 3 heterocycles. The van der Waals surface area contributed by atoms with Gasteiger partial charge in [0.25, 0.3) is 0 Å². The van der Waals surface area contributed by atoms with Crippen LogP contribution in [0.4, 0.5) is 0 Å². The van der Waals surface area contributed by atoms with E-state index < -0.39 is 5.91 Å². The van der Waals surface area contributed by atoms with Gasteiger partial charge in [-0.15, -0.1) is 0 Å². The smallest absolute Gasteiger partial charge is 0.248 e. The van der Waals surface area contributed by atoms with Gasteiger partial charge in [-0.25, -0.2) is 0 Å². The van der Waals surface area contributed by atoms with Crippen molar-refractivity contribution in [2.45, 2.75) is 38.3 Å². The monoisotopic (exact) mass is 406 g/mol. The second-order valence-electron chi connectivity index (χ2n) is 7.84. The zero-order valence-electron chi connectivity index (χ0n) is 17.0. The summed E-state index contributed by atoms with van der Waals surface area (Å²) in [4.78, 5) is 24.2. The molecule has 3 aliphatic heterocycles. The van der Waals surface area contributed by atoms with Gasteiger partial charge in [0.2, 0.25) is 12.3 Å². The highest BCUT2D eigenvalue weighted by molar-refractivity contribution is 5.93. The standard InChI is InChI=1S/C15H16N2O2.C9H10O2/c16-15(19)11-3-1-2-10(6-11)12-7-13-4-5-14(8-12)17(13)9-18;1-7-2-3-8-9(6-7)11-5-4-10-8/h1-3,6-7,9,13-14H,4-5,8H2,(H2,16,19);2-3,6H,4-5H2,1H3. The molecule has 0 aromatic heterocycles. The first-order valence-electron chi connectivity index (χ1n) is 10.2. The Hall–Kier alpha value is -3.28. The molecule has 0 radical (unpaired) electrons. The molecule has 5 rings (SSSR count). The topological polar surface area (TPSA) is 81.9 Å². The predicted octanol–water partition coefficient (Wildman–Crippen LogP) is 3.33. The van der Waals surface area contributed by atoms with Gasteiger partial charge in [-0.05, 0) is 67.2 Å². The summed E-state index contributed by atoms with van der Waals surface area (Å²) < 4.78 is 10.7. The van der Waals surface area contributed by atoms with Gasteiger partial charge in [0.15, 0.2) is 11.5 Å². The number of nitrogens with two attached hydrogens (primary N) is 1. The van der Waals surface area contributed by atoms with Gasteiger partial charge >= 0.3 is 0 Å². The molecule has 2 atom stereocenters. The number of nitrogens with zero attached hydrogens (tertiary/aromatic N) is 1. The van der Waals surface area contributed by atoms with E-state index in [1.165, 1.54) is 11.1 Å². The highest BCUT2D eigenvalue weighted by Crippen LogP contribution is 2.37. The first kappa shape index (κ1) is 20.0. The normalized spacial score (nSPS) is 21.2. The Morgan fingerprint density at radius 3 is 2.63 bits per heavy atom. The third-order valence-electron chi connectivity index (χ3n) is 5.79. The zero-order chi connectivity index (χ0) is 21.1. The number of rotatable bonds is 3. The average molecular weight is 406 g/mol. The number of primary amides is 1. The second kappa shape index (κ2) is 8.61. The molecule has 1 saturated heterocycles. The lowest BCUT2D eigenvalue weighted by atomic mass is 9.94. The van der Waals surface area contributed by atoms with Crippen molar-refractivity contribution in [3.63, 3.8) is 0 Å². The summed E-state index contributed by atoms with van der Waals surface area (Å²) in [5, 5.41) is 0. The maximum atomic E-state index is 11.2. The van der Waals surface area contributed by atoms with Crippen LogP contribution in [0.25, 0.3) is 5.57 Å². The summed E-state index contributed by atoms with van der Waals surface area (Å²) in [5.74, 6) is 1.33. The van der Waals surface area contributed by atoms with E-state index in [4.69, 9.17) is 15.2 Å². The van der Waals surface area contributed by atoms with Crippen LogP contribution < -0.4 is 15.2 Å². The number of aryl methyl sites for hydroxylation is 1.